The van der Waals surface area contributed by atoms with Crippen LogP contribution in [-0.4, -0.2) is 40.3 Å². The highest BCUT2D eigenvalue weighted by Gasteiger charge is 2.51. The Labute approximate surface area is 206 Å². The molecule has 0 saturated heterocycles. The Morgan fingerprint density at radius 1 is 1.06 bits per heavy atom. The molecule has 0 aliphatic heterocycles. The van der Waals surface area contributed by atoms with Gasteiger partial charge in [0, 0.05) is 11.0 Å². The lowest BCUT2D eigenvalue weighted by atomic mass is 9.72. The smallest absolute Gasteiger partial charge is 0.308 e. The van der Waals surface area contributed by atoms with Gasteiger partial charge >= 0.3 is 11.9 Å². The quantitative estimate of drug-likeness (QED) is 0.241. The third-order valence-electron chi connectivity index (χ3n) is 8.22. The lowest BCUT2D eigenvalue weighted by Gasteiger charge is -2.45. The number of ether oxygens (including phenoxy) is 1. The minimum atomic E-state index is -2.12. The Balaban J connectivity index is 6.87. The number of nitriles is 1. The predicted molar refractivity (Wildman–Crippen MR) is 141 cm³/mol. The molecule has 3 atom stereocenters. The van der Waals surface area contributed by atoms with Gasteiger partial charge in [0.1, 0.15) is 0 Å². The van der Waals surface area contributed by atoms with E-state index in [1.165, 1.54) is 7.11 Å². The molecule has 32 heavy (non-hydrogen) atoms. The molecule has 1 N–H and O–H groups in total. The van der Waals surface area contributed by atoms with Gasteiger partial charge in [0.2, 0.25) is 0 Å². The molecule has 0 saturated carbocycles. The summed E-state index contributed by atoms with van der Waals surface area (Å²) in [6.07, 6.45) is 0.137. The molecule has 0 rings (SSSR count). The van der Waals surface area contributed by atoms with Crippen molar-refractivity contribution in [3.05, 3.63) is 10.2 Å². The average Bonchev–Trinajstić information content (AvgIpc) is 2.60. The van der Waals surface area contributed by atoms with Gasteiger partial charge in [-0.1, -0.05) is 96.3 Å². The number of aliphatic carboxylic acids is 1. The summed E-state index contributed by atoms with van der Waals surface area (Å²) >= 11 is 3.77. The molecule has 0 fully saturated rings. The standard InChI is InChI=1S/C24H44BrNO4Si2/c1-22(2,3)31(9,10)16-19(25)24(7,18(21(28)29)13-20(27)30-8)14-17(15-26)32(11,12)23(4,5)6/h16-18H,13-14H2,1-12H3,(H,28,29)/b19-16-/t17?,18-,24+/m0/s1. The highest BCUT2D eigenvalue weighted by Crippen LogP contribution is 2.54. The second kappa shape index (κ2) is 10.6. The number of carbonyl (C=O) groups excluding carboxylic acids is 1. The van der Waals surface area contributed by atoms with Gasteiger partial charge in [0.25, 0.3) is 0 Å². The van der Waals surface area contributed by atoms with E-state index in [0.29, 0.717) is 6.42 Å². The molecule has 0 heterocycles. The van der Waals surface area contributed by atoms with E-state index in [-0.39, 0.29) is 22.0 Å². The number of halogens is 1. The molecule has 0 aromatic carbocycles. The molecule has 1 unspecified atom stereocenters. The second-order valence-corrected chi connectivity index (χ2v) is 24.1. The minimum absolute atomic E-state index is 0.0367. The highest BCUT2D eigenvalue weighted by molar-refractivity contribution is 9.11. The molecular formula is C24H44BrNO4Si2. The first-order valence-electron chi connectivity index (χ1n) is 11.2. The summed E-state index contributed by atoms with van der Waals surface area (Å²) in [7, 11) is -2.79. The molecule has 5 nitrogen and oxygen atoms in total. The van der Waals surface area contributed by atoms with Crippen LogP contribution in [-0.2, 0) is 14.3 Å². The first kappa shape index (κ1) is 31.1. The van der Waals surface area contributed by atoms with E-state index in [1.54, 1.807) is 0 Å². The van der Waals surface area contributed by atoms with Crippen molar-refractivity contribution in [2.24, 2.45) is 11.3 Å². The van der Waals surface area contributed by atoms with Crippen molar-refractivity contribution >= 4 is 44.0 Å². The Morgan fingerprint density at radius 3 is 1.84 bits per heavy atom. The third kappa shape index (κ3) is 7.04. The summed E-state index contributed by atoms with van der Waals surface area (Å²) in [6, 6.07) is 2.53. The van der Waals surface area contributed by atoms with Crippen LogP contribution in [0.15, 0.2) is 10.2 Å². The number of esters is 1. The number of methoxy groups -OCH3 is 1. The fourth-order valence-corrected chi connectivity index (χ4v) is 9.20. The van der Waals surface area contributed by atoms with Gasteiger partial charge in [-0.2, -0.15) is 5.26 Å². The fraction of sp³-hybridized carbons (Fsp3) is 0.792. The van der Waals surface area contributed by atoms with Crippen molar-refractivity contribution in [2.45, 2.75) is 103 Å². The van der Waals surface area contributed by atoms with E-state index in [4.69, 9.17) is 4.74 Å². The van der Waals surface area contributed by atoms with Crippen LogP contribution in [0.2, 0.25) is 41.8 Å². The molecule has 0 radical (unpaired) electrons. The van der Waals surface area contributed by atoms with Crippen LogP contribution in [0.3, 0.4) is 0 Å². The van der Waals surface area contributed by atoms with E-state index in [2.05, 4.69) is 95.4 Å². The van der Waals surface area contributed by atoms with Gasteiger partial charge in [-0.05, 0) is 21.0 Å². The van der Waals surface area contributed by atoms with Gasteiger partial charge in [-0.3, -0.25) is 9.59 Å². The summed E-state index contributed by atoms with van der Waals surface area (Å²) < 4.78 is 5.61. The van der Waals surface area contributed by atoms with Gasteiger partial charge in [-0.15, -0.1) is 0 Å². The second-order valence-electron chi connectivity index (χ2n) is 12.4. The van der Waals surface area contributed by atoms with Gasteiger partial charge in [0.05, 0.1) is 41.7 Å². The number of rotatable bonds is 9. The van der Waals surface area contributed by atoms with E-state index in [9.17, 15) is 20.0 Å². The molecule has 0 bridgehead atoms. The van der Waals surface area contributed by atoms with E-state index >= 15 is 0 Å². The van der Waals surface area contributed by atoms with E-state index < -0.39 is 39.4 Å². The summed E-state index contributed by atoms with van der Waals surface area (Å²) in [5, 5.41) is 20.4. The molecule has 0 amide bonds. The average molecular weight is 547 g/mol. The van der Waals surface area contributed by atoms with Crippen molar-refractivity contribution in [1.82, 2.24) is 0 Å². The van der Waals surface area contributed by atoms with Gasteiger partial charge in [0.15, 0.2) is 0 Å². The zero-order valence-corrected chi connectivity index (χ0v) is 25.7. The first-order chi connectivity index (χ1) is 14.1. The van der Waals surface area contributed by atoms with Gasteiger partial charge < -0.3 is 9.84 Å². The van der Waals surface area contributed by atoms with Crippen LogP contribution in [0.5, 0.6) is 0 Å². The molecule has 0 aromatic heterocycles. The van der Waals surface area contributed by atoms with Crippen LogP contribution in [0.25, 0.3) is 0 Å². The van der Waals surface area contributed by atoms with Crippen LogP contribution in [0.1, 0.15) is 61.3 Å². The topological polar surface area (TPSA) is 87.4 Å². The predicted octanol–water partition coefficient (Wildman–Crippen LogP) is 7.38. The van der Waals surface area contributed by atoms with Crippen LogP contribution >= 0.6 is 15.9 Å². The molecule has 0 spiro atoms. The molecular weight excluding hydrogens is 502 g/mol. The van der Waals surface area contributed by atoms with E-state index in [1.807, 2.05) is 6.92 Å². The lowest BCUT2D eigenvalue weighted by Crippen LogP contribution is -2.46. The summed E-state index contributed by atoms with van der Waals surface area (Å²) in [5.74, 6) is -2.62. The Morgan fingerprint density at radius 2 is 1.53 bits per heavy atom. The Bertz CT molecular complexity index is 772. The first-order valence-corrected chi connectivity index (χ1v) is 18.1. The minimum Gasteiger partial charge on any atom is -0.481 e. The fourth-order valence-electron chi connectivity index (χ4n) is 3.35. The number of allylic oxidation sites excluding steroid dienone is 1. The largest absolute Gasteiger partial charge is 0.481 e. The lowest BCUT2D eigenvalue weighted by molar-refractivity contribution is -0.153. The molecule has 0 aliphatic carbocycles. The molecule has 0 aliphatic rings. The maximum absolute atomic E-state index is 12.5. The monoisotopic (exact) mass is 545 g/mol. The zero-order chi connectivity index (χ0) is 25.9. The molecule has 8 heteroatoms. The normalized spacial score (nSPS) is 17.7. The number of hydrogen-bond donors (Lipinski definition) is 1. The third-order valence-corrected chi connectivity index (χ3v) is 20.6. The summed E-state index contributed by atoms with van der Waals surface area (Å²) in [4.78, 5) is 24.6. The summed E-state index contributed by atoms with van der Waals surface area (Å²) in [6.45, 7) is 23.9. The maximum atomic E-state index is 12.5. The van der Waals surface area contributed by atoms with E-state index in [0.717, 1.165) is 4.48 Å². The van der Waals surface area contributed by atoms with Crippen molar-refractivity contribution in [3.8, 4) is 6.07 Å². The molecule has 184 valence electrons. The number of carboxylic acid groups (broad SMARTS) is 1. The van der Waals surface area contributed by atoms with Crippen molar-refractivity contribution < 1.29 is 19.4 Å². The van der Waals surface area contributed by atoms with Crippen LogP contribution in [0.4, 0.5) is 0 Å². The number of hydrogen-bond acceptors (Lipinski definition) is 4. The SMILES string of the molecule is COC(=O)C[C@@H](C(=O)O)[C@@](C)(CC(C#N)[Si](C)(C)C(C)(C)C)/C(Br)=C/[Si](C)(C)C(C)(C)C. The summed E-state index contributed by atoms with van der Waals surface area (Å²) in [5.41, 5.74) is 0.999. The molecule has 0 aromatic rings. The maximum Gasteiger partial charge on any atom is 0.308 e. The number of carboxylic acids is 1. The Kier molecular flexibility index (Phi) is 10.3. The van der Waals surface area contributed by atoms with Crippen LogP contribution < -0.4 is 0 Å². The zero-order valence-electron chi connectivity index (χ0n) is 22.1. The number of carbonyl (C=O) groups is 2. The van der Waals surface area contributed by atoms with Crippen LogP contribution in [0, 0.1) is 22.7 Å². The van der Waals surface area contributed by atoms with Gasteiger partial charge in [-0.25, -0.2) is 0 Å². The van der Waals surface area contributed by atoms with Crippen molar-refractivity contribution in [3.63, 3.8) is 0 Å². The Hall–Kier alpha value is -0.916. The number of nitrogens with zero attached hydrogens (tertiary/aromatic N) is 1. The van der Waals surface area contributed by atoms with Crippen molar-refractivity contribution in [2.75, 3.05) is 7.11 Å². The van der Waals surface area contributed by atoms with Crippen molar-refractivity contribution in [1.29, 1.82) is 5.26 Å². The highest BCUT2D eigenvalue weighted by atomic mass is 79.9.